The van der Waals surface area contributed by atoms with Crippen molar-refractivity contribution in [1.29, 1.82) is 0 Å². The Labute approximate surface area is 112 Å². The van der Waals surface area contributed by atoms with E-state index in [1.807, 2.05) is 37.4 Å². The lowest BCUT2D eigenvalue weighted by molar-refractivity contribution is 0.616. The summed E-state index contributed by atoms with van der Waals surface area (Å²) < 4.78 is 5.57. The highest BCUT2D eigenvalue weighted by Crippen LogP contribution is 2.32. The van der Waals surface area contributed by atoms with Crippen molar-refractivity contribution in [3.05, 3.63) is 60.4 Å². The second-order valence-corrected chi connectivity index (χ2v) is 4.55. The topological polar surface area (TPSA) is 42.4 Å². The van der Waals surface area contributed by atoms with Crippen LogP contribution in [0.1, 0.15) is 5.56 Å². The molecule has 3 nitrogen and oxygen atoms in total. The first-order chi connectivity index (χ1) is 9.29. The highest BCUT2D eigenvalue weighted by molar-refractivity contribution is 5.92. The molecule has 1 aromatic heterocycles. The molecule has 0 amide bonds. The van der Waals surface area contributed by atoms with Crippen molar-refractivity contribution in [2.75, 3.05) is 11.9 Å². The largest absolute Gasteiger partial charge is 0.462 e. The molecule has 0 fully saturated rings. The van der Waals surface area contributed by atoms with Crippen LogP contribution in [0.25, 0.3) is 11.0 Å². The van der Waals surface area contributed by atoms with Crippen LogP contribution in [-0.4, -0.2) is 7.05 Å². The predicted octanol–water partition coefficient (Wildman–Crippen LogP) is 3.66. The summed E-state index contributed by atoms with van der Waals surface area (Å²) in [6.07, 6.45) is 1.79. The molecule has 0 saturated carbocycles. The van der Waals surface area contributed by atoms with E-state index in [4.69, 9.17) is 10.2 Å². The summed E-state index contributed by atoms with van der Waals surface area (Å²) in [6, 6.07) is 16.3. The second-order valence-electron chi connectivity index (χ2n) is 4.55. The summed E-state index contributed by atoms with van der Waals surface area (Å²) in [5, 5.41) is 1.12. The number of fused-ring (bicyclic) bond motifs is 1. The van der Waals surface area contributed by atoms with Crippen molar-refractivity contribution >= 4 is 22.3 Å². The van der Waals surface area contributed by atoms with Crippen molar-refractivity contribution in [1.82, 2.24) is 0 Å². The Hall–Kier alpha value is -2.26. The number of benzene rings is 2. The zero-order valence-electron chi connectivity index (χ0n) is 10.8. The summed E-state index contributed by atoms with van der Waals surface area (Å²) in [4.78, 5) is 2.12. The van der Waals surface area contributed by atoms with E-state index >= 15 is 0 Å². The number of nitrogens with two attached hydrogens (primary N) is 1. The van der Waals surface area contributed by atoms with Crippen LogP contribution in [0.3, 0.4) is 0 Å². The molecule has 0 radical (unpaired) electrons. The zero-order valence-corrected chi connectivity index (χ0v) is 10.8. The summed E-state index contributed by atoms with van der Waals surface area (Å²) in [7, 11) is 2.04. The van der Waals surface area contributed by atoms with Crippen LogP contribution in [0.2, 0.25) is 0 Å². The van der Waals surface area contributed by atoms with Gasteiger partial charge >= 0.3 is 0 Å². The fraction of sp³-hybridized carbons (Fsp3) is 0.125. The van der Waals surface area contributed by atoms with Crippen molar-refractivity contribution in [2.24, 2.45) is 5.73 Å². The first-order valence-electron chi connectivity index (χ1n) is 6.28. The third-order valence-corrected chi connectivity index (χ3v) is 3.38. The first-order valence-corrected chi connectivity index (χ1v) is 6.28. The number of anilines is 2. The van der Waals surface area contributed by atoms with Gasteiger partial charge in [0.15, 0.2) is 0 Å². The van der Waals surface area contributed by atoms with Gasteiger partial charge in [-0.2, -0.15) is 0 Å². The average Bonchev–Trinajstić information content (AvgIpc) is 2.90. The molecule has 0 atom stereocenters. The van der Waals surface area contributed by atoms with Crippen LogP contribution >= 0.6 is 0 Å². The highest BCUT2D eigenvalue weighted by atomic mass is 16.3. The molecular weight excluding hydrogens is 236 g/mol. The monoisotopic (exact) mass is 252 g/mol. The van der Waals surface area contributed by atoms with Gasteiger partial charge in [-0.15, -0.1) is 0 Å². The lowest BCUT2D eigenvalue weighted by Crippen LogP contribution is -2.09. The maximum absolute atomic E-state index is 5.62. The molecule has 0 aliphatic carbocycles. The van der Waals surface area contributed by atoms with Crippen LogP contribution in [0.5, 0.6) is 0 Å². The molecule has 0 aliphatic rings. The number of hydrogen-bond acceptors (Lipinski definition) is 3. The van der Waals surface area contributed by atoms with Crippen molar-refractivity contribution in [3.63, 3.8) is 0 Å². The van der Waals surface area contributed by atoms with Crippen LogP contribution in [0.4, 0.5) is 11.4 Å². The molecule has 0 unspecified atom stereocenters. The van der Waals surface area contributed by atoms with E-state index in [2.05, 4.69) is 23.1 Å². The molecule has 3 heteroatoms. The molecule has 0 saturated heterocycles. The van der Waals surface area contributed by atoms with Crippen molar-refractivity contribution < 1.29 is 4.42 Å². The van der Waals surface area contributed by atoms with E-state index in [9.17, 15) is 0 Å². The number of hydrogen-bond donors (Lipinski definition) is 1. The molecular formula is C16H16N2O. The summed E-state index contributed by atoms with van der Waals surface area (Å²) in [5.41, 5.74) is 9.84. The smallest absolute Gasteiger partial charge is 0.136 e. The van der Waals surface area contributed by atoms with Gasteiger partial charge in [-0.25, -0.2) is 0 Å². The minimum atomic E-state index is 0.568. The normalized spacial score (nSPS) is 10.8. The molecule has 2 N–H and O–H groups in total. The van der Waals surface area contributed by atoms with Gasteiger partial charge in [0.1, 0.15) is 11.8 Å². The van der Waals surface area contributed by atoms with Crippen LogP contribution in [-0.2, 0) is 6.54 Å². The van der Waals surface area contributed by atoms with Crippen LogP contribution < -0.4 is 10.6 Å². The Bertz CT molecular complexity index is 685. The highest BCUT2D eigenvalue weighted by Gasteiger charge is 2.10. The van der Waals surface area contributed by atoms with Gasteiger partial charge < -0.3 is 15.1 Å². The Morgan fingerprint density at radius 1 is 1.05 bits per heavy atom. The maximum Gasteiger partial charge on any atom is 0.136 e. The van der Waals surface area contributed by atoms with E-state index in [0.29, 0.717) is 6.54 Å². The third kappa shape index (κ3) is 2.09. The standard InChI is InChI=1S/C16H16N2O/c1-18(13-8-6-12(10-17)7-9-13)15-11-19-16-5-3-2-4-14(15)16/h2-9,11H,10,17H2,1H3. The molecule has 96 valence electrons. The lowest BCUT2D eigenvalue weighted by atomic mass is 10.2. The number of para-hydroxylation sites is 1. The average molecular weight is 252 g/mol. The van der Waals surface area contributed by atoms with Crippen LogP contribution in [0, 0.1) is 0 Å². The van der Waals surface area contributed by atoms with Crippen molar-refractivity contribution in [2.45, 2.75) is 6.54 Å². The lowest BCUT2D eigenvalue weighted by Gasteiger charge is -2.18. The molecule has 1 heterocycles. The Balaban J connectivity index is 2.00. The summed E-state index contributed by atoms with van der Waals surface area (Å²) >= 11 is 0. The maximum atomic E-state index is 5.62. The molecule has 3 rings (SSSR count). The number of rotatable bonds is 3. The fourth-order valence-corrected chi connectivity index (χ4v) is 2.22. The molecule has 19 heavy (non-hydrogen) atoms. The molecule has 0 bridgehead atoms. The molecule has 0 spiro atoms. The van der Waals surface area contributed by atoms with E-state index < -0.39 is 0 Å². The van der Waals surface area contributed by atoms with E-state index in [-0.39, 0.29) is 0 Å². The predicted molar refractivity (Wildman–Crippen MR) is 78.6 cm³/mol. The van der Waals surface area contributed by atoms with Gasteiger partial charge in [0, 0.05) is 24.7 Å². The minimum Gasteiger partial charge on any atom is -0.462 e. The Morgan fingerprint density at radius 2 is 1.79 bits per heavy atom. The van der Waals surface area contributed by atoms with Gasteiger partial charge in [-0.3, -0.25) is 0 Å². The first kappa shape index (κ1) is 11.8. The van der Waals surface area contributed by atoms with Gasteiger partial charge in [0.25, 0.3) is 0 Å². The SMILES string of the molecule is CN(c1ccc(CN)cc1)c1coc2ccccc12. The van der Waals surface area contributed by atoms with Gasteiger partial charge in [0.05, 0.1) is 5.69 Å². The number of furan rings is 1. The summed E-state index contributed by atoms with van der Waals surface area (Å²) in [6.45, 7) is 0.568. The van der Waals surface area contributed by atoms with Gasteiger partial charge in [-0.1, -0.05) is 24.3 Å². The molecule has 2 aromatic carbocycles. The zero-order chi connectivity index (χ0) is 13.2. The second kappa shape index (κ2) is 4.78. The minimum absolute atomic E-state index is 0.568. The molecule has 0 aliphatic heterocycles. The number of nitrogens with zero attached hydrogens (tertiary/aromatic N) is 1. The van der Waals surface area contributed by atoms with Crippen LogP contribution in [0.15, 0.2) is 59.2 Å². The van der Waals surface area contributed by atoms with Crippen molar-refractivity contribution in [3.8, 4) is 0 Å². The van der Waals surface area contributed by atoms with Gasteiger partial charge in [0.2, 0.25) is 0 Å². The van der Waals surface area contributed by atoms with E-state index in [0.717, 1.165) is 27.9 Å². The van der Waals surface area contributed by atoms with E-state index in [1.54, 1.807) is 6.26 Å². The summed E-state index contributed by atoms with van der Waals surface area (Å²) in [5.74, 6) is 0. The fourth-order valence-electron chi connectivity index (χ4n) is 2.22. The van der Waals surface area contributed by atoms with E-state index in [1.165, 1.54) is 0 Å². The molecule has 3 aromatic rings. The Morgan fingerprint density at radius 3 is 2.53 bits per heavy atom. The quantitative estimate of drug-likeness (QED) is 0.773. The van der Waals surface area contributed by atoms with Gasteiger partial charge in [-0.05, 0) is 29.8 Å². The Kier molecular flexibility index (Phi) is 2.97. The third-order valence-electron chi connectivity index (χ3n) is 3.38.